The van der Waals surface area contributed by atoms with Crippen molar-refractivity contribution in [2.75, 3.05) is 19.5 Å². The van der Waals surface area contributed by atoms with Gasteiger partial charge in [0.1, 0.15) is 5.75 Å². The van der Waals surface area contributed by atoms with Crippen LogP contribution in [0, 0.1) is 0 Å². The molecule has 0 bridgehead atoms. The van der Waals surface area contributed by atoms with E-state index in [1.165, 1.54) is 18.9 Å². The Kier molecular flexibility index (Phi) is 5.00. The maximum Gasteiger partial charge on any atom is 0.316 e. The Balaban J connectivity index is 2.14. The molecule has 0 aliphatic rings. The van der Waals surface area contributed by atoms with Crippen molar-refractivity contribution in [3.05, 3.63) is 24.3 Å². The van der Waals surface area contributed by atoms with Crippen molar-refractivity contribution in [1.82, 2.24) is 15.2 Å². The highest BCUT2D eigenvalue weighted by Crippen LogP contribution is 2.28. The number of aromatic nitrogens is 3. The molecule has 0 aliphatic heterocycles. The summed E-state index contributed by atoms with van der Waals surface area (Å²) in [5, 5.41) is 7.41. The van der Waals surface area contributed by atoms with E-state index in [0.717, 1.165) is 11.3 Å². The van der Waals surface area contributed by atoms with E-state index in [0.29, 0.717) is 17.6 Å². The standard InChI is InChI=1S/C13H15N3O3S/c1-3-19-10-7-5-4-6-9(10)12-14-13(16-15-12)20-8-11(17)18-2/h4-7H,3,8H2,1-2H3,(H,14,15,16). The van der Waals surface area contributed by atoms with Crippen molar-refractivity contribution in [1.29, 1.82) is 0 Å². The molecule has 1 aromatic heterocycles. The molecule has 2 rings (SSSR count). The van der Waals surface area contributed by atoms with Crippen molar-refractivity contribution < 1.29 is 14.3 Å². The van der Waals surface area contributed by atoms with Gasteiger partial charge >= 0.3 is 5.97 Å². The molecule has 7 heteroatoms. The molecule has 0 amide bonds. The molecule has 0 fully saturated rings. The van der Waals surface area contributed by atoms with Crippen molar-refractivity contribution in [3.8, 4) is 17.1 Å². The van der Waals surface area contributed by atoms with Gasteiger partial charge in [0, 0.05) is 0 Å². The average Bonchev–Trinajstić information content (AvgIpc) is 2.94. The number of methoxy groups -OCH3 is 1. The molecule has 0 atom stereocenters. The highest BCUT2D eigenvalue weighted by atomic mass is 32.2. The first-order chi connectivity index (χ1) is 9.74. The van der Waals surface area contributed by atoms with Gasteiger partial charge in [-0.25, -0.2) is 4.98 Å². The molecular formula is C13H15N3O3S. The van der Waals surface area contributed by atoms with E-state index in [-0.39, 0.29) is 11.7 Å². The van der Waals surface area contributed by atoms with Gasteiger partial charge < -0.3 is 9.47 Å². The summed E-state index contributed by atoms with van der Waals surface area (Å²) in [6.07, 6.45) is 0. The van der Waals surface area contributed by atoms with Gasteiger partial charge in [0.2, 0.25) is 5.16 Å². The zero-order valence-electron chi connectivity index (χ0n) is 11.3. The van der Waals surface area contributed by atoms with Crippen LogP contribution in [0.2, 0.25) is 0 Å². The third kappa shape index (κ3) is 3.51. The monoisotopic (exact) mass is 293 g/mol. The second-order valence-corrected chi connectivity index (χ2v) is 4.70. The molecule has 106 valence electrons. The van der Waals surface area contributed by atoms with Gasteiger partial charge in [0.15, 0.2) is 5.82 Å². The van der Waals surface area contributed by atoms with Crippen LogP contribution in [0.25, 0.3) is 11.4 Å². The minimum absolute atomic E-state index is 0.181. The van der Waals surface area contributed by atoms with Gasteiger partial charge in [-0.2, -0.15) is 0 Å². The molecule has 2 aromatic rings. The molecular weight excluding hydrogens is 278 g/mol. The number of benzene rings is 1. The van der Waals surface area contributed by atoms with Crippen molar-refractivity contribution in [3.63, 3.8) is 0 Å². The summed E-state index contributed by atoms with van der Waals surface area (Å²) >= 11 is 1.22. The number of hydrogen-bond acceptors (Lipinski definition) is 6. The van der Waals surface area contributed by atoms with Crippen LogP contribution in [0.15, 0.2) is 29.4 Å². The molecule has 0 saturated carbocycles. The Hall–Kier alpha value is -2.02. The summed E-state index contributed by atoms with van der Waals surface area (Å²) in [6.45, 7) is 2.50. The molecule has 0 radical (unpaired) electrons. The number of nitrogens with one attached hydrogen (secondary N) is 1. The van der Waals surface area contributed by atoms with Crippen LogP contribution >= 0.6 is 11.8 Å². The van der Waals surface area contributed by atoms with E-state index < -0.39 is 0 Å². The van der Waals surface area contributed by atoms with Crippen molar-refractivity contribution in [2.45, 2.75) is 12.1 Å². The SMILES string of the molecule is CCOc1ccccc1-c1nc(SCC(=O)OC)n[nH]1. The number of carbonyl (C=O) groups is 1. The molecule has 6 nitrogen and oxygen atoms in total. The van der Waals surface area contributed by atoms with Gasteiger partial charge in [-0.3, -0.25) is 9.89 Å². The lowest BCUT2D eigenvalue weighted by Gasteiger charge is -2.06. The van der Waals surface area contributed by atoms with E-state index in [1.807, 2.05) is 31.2 Å². The number of carbonyl (C=O) groups excluding carboxylic acids is 1. The van der Waals surface area contributed by atoms with Crippen molar-refractivity contribution in [2.24, 2.45) is 0 Å². The molecule has 0 unspecified atom stereocenters. The molecule has 1 N–H and O–H groups in total. The van der Waals surface area contributed by atoms with Gasteiger partial charge in [0.25, 0.3) is 0 Å². The number of H-pyrrole nitrogens is 1. The molecule has 0 spiro atoms. The first-order valence-electron chi connectivity index (χ1n) is 6.08. The second-order valence-electron chi connectivity index (χ2n) is 3.76. The summed E-state index contributed by atoms with van der Waals surface area (Å²) in [5.74, 6) is 1.23. The number of ether oxygens (including phenoxy) is 2. The quantitative estimate of drug-likeness (QED) is 0.649. The predicted octanol–water partition coefficient (Wildman–Crippen LogP) is 2.14. The van der Waals surface area contributed by atoms with Crippen LogP contribution < -0.4 is 4.74 Å². The Morgan fingerprint density at radius 2 is 2.20 bits per heavy atom. The van der Waals surface area contributed by atoms with E-state index in [2.05, 4.69) is 19.9 Å². The fraction of sp³-hybridized carbons (Fsp3) is 0.308. The Bertz CT molecular complexity index is 586. The van der Waals surface area contributed by atoms with E-state index >= 15 is 0 Å². The zero-order valence-corrected chi connectivity index (χ0v) is 12.1. The lowest BCUT2D eigenvalue weighted by molar-refractivity contribution is -0.137. The van der Waals surface area contributed by atoms with Crippen LogP contribution in [0.4, 0.5) is 0 Å². The zero-order chi connectivity index (χ0) is 14.4. The number of esters is 1. The van der Waals surface area contributed by atoms with Crippen molar-refractivity contribution >= 4 is 17.7 Å². The molecule has 0 aliphatic carbocycles. The summed E-state index contributed by atoms with van der Waals surface area (Å²) < 4.78 is 10.1. The summed E-state index contributed by atoms with van der Waals surface area (Å²) in [4.78, 5) is 15.4. The maximum absolute atomic E-state index is 11.1. The van der Waals surface area contributed by atoms with E-state index in [9.17, 15) is 4.79 Å². The summed E-state index contributed by atoms with van der Waals surface area (Å²) in [5.41, 5.74) is 0.840. The minimum Gasteiger partial charge on any atom is -0.493 e. The van der Waals surface area contributed by atoms with E-state index in [1.54, 1.807) is 0 Å². The number of aromatic amines is 1. The highest BCUT2D eigenvalue weighted by Gasteiger charge is 2.12. The first kappa shape index (κ1) is 14.4. The molecule has 0 saturated heterocycles. The van der Waals surface area contributed by atoms with Gasteiger partial charge in [-0.05, 0) is 19.1 Å². The Morgan fingerprint density at radius 3 is 2.95 bits per heavy atom. The fourth-order valence-electron chi connectivity index (χ4n) is 1.56. The normalized spacial score (nSPS) is 10.3. The third-order valence-electron chi connectivity index (χ3n) is 2.45. The first-order valence-corrected chi connectivity index (χ1v) is 7.07. The minimum atomic E-state index is -0.309. The highest BCUT2D eigenvalue weighted by molar-refractivity contribution is 7.99. The second kappa shape index (κ2) is 6.95. The largest absolute Gasteiger partial charge is 0.493 e. The number of thioether (sulfide) groups is 1. The van der Waals surface area contributed by atoms with Gasteiger partial charge in [-0.15, -0.1) is 5.10 Å². The number of rotatable bonds is 6. The van der Waals surface area contributed by atoms with Crippen LogP contribution in [0.3, 0.4) is 0 Å². The predicted molar refractivity (Wildman–Crippen MR) is 75.7 cm³/mol. The van der Waals surface area contributed by atoms with Crippen LogP contribution in [0.1, 0.15) is 6.92 Å². The molecule has 1 heterocycles. The Morgan fingerprint density at radius 1 is 1.40 bits per heavy atom. The van der Waals surface area contributed by atoms with Crippen LogP contribution in [-0.4, -0.2) is 40.6 Å². The Labute approximate surface area is 120 Å². The smallest absolute Gasteiger partial charge is 0.316 e. The average molecular weight is 293 g/mol. The van der Waals surface area contributed by atoms with Gasteiger partial charge in [0.05, 0.1) is 25.0 Å². The van der Waals surface area contributed by atoms with Gasteiger partial charge in [-0.1, -0.05) is 23.9 Å². The molecule has 20 heavy (non-hydrogen) atoms. The van der Waals surface area contributed by atoms with Crippen LogP contribution in [-0.2, 0) is 9.53 Å². The third-order valence-corrected chi connectivity index (χ3v) is 3.27. The number of para-hydroxylation sites is 1. The molecule has 1 aromatic carbocycles. The topological polar surface area (TPSA) is 77.1 Å². The van der Waals surface area contributed by atoms with E-state index in [4.69, 9.17) is 4.74 Å². The lowest BCUT2D eigenvalue weighted by Crippen LogP contribution is -2.03. The summed E-state index contributed by atoms with van der Waals surface area (Å²) in [7, 11) is 1.35. The summed E-state index contributed by atoms with van der Waals surface area (Å²) in [6, 6.07) is 7.59. The van der Waals surface area contributed by atoms with Crippen LogP contribution in [0.5, 0.6) is 5.75 Å². The lowest BCUT2D eigenvalue weighted by atomic mass is 10.2. The number of nitrogens with zero attached hydrogens (tertiary/aromatic N) is 2. The number of hydrogen-bond donors (Lipinski definition) is 1. The fourth-order valence-corrected chi connectivity index (χ4v) is 2.19. The maximum atomic E-state index is 11.1.